The maximum absolute atomic E-state index is 12.6. The highest BCUT2D eigenvalue weighted by Crippen LogP contribution is 2.34. The van der Waals surface area contributed by atoms with E-state index in [1.54, 1.807) is 0 Å². The summed E-state index contributed by atoms with van der Waals surface area (Å²) < 4.78 is 0. The molecule has 2 aliphatic rings. The first-order valence-electron chi connectivity index (χ1n) is 10.9. The number of nitrogens with zero attached hydrogens (tertiary/aromatic N) is 2. The van der Waals surface area contributed by atoms with E-state index in [2.05, 4.69) is 69.0 Å². The van der Waals surface area contributed by atoms with Gasteiger partial charge in [-0.05, 0) is 67.3 Å². The molecule has 1 amide bonds. The van der Waals surface area contributed by atoms with Crippen molar-refractivity contribution in [2.45, 2.75) is 77.4 Å². The molecule has 2 rings (SSSR count). The average molecular weight is 445 g/mol. The largest absolute Gasteiger partial charge is 0.483 e. The van der Waals surface area contributed by atoms with Crippen LogP contribution in [0.25, 0.3) is 0 Å². The molecule has 9 heteroatoms. The Morgan fingerprint density at radius 2 is 1.45 bits per heavy atom. The number of likely N-dealkylation sites (N-methyl/N-ethyl adjacent to an activating group) is 1. The van der Waals surface area contributed by atoms with Crippen LogP contribution in [0.2, 0.25) is 0 Å². The minimum atomic E-state index is -0.250. The smallest absolute Gasteiger partial charge is 0.290 e. The van der Waals surface area contributed by atoms with Crippen LogP contribution in [0, 0.1) is 5.92 Å². The summed E-state index contributed by atoms with van der Waals surface area (Å²) in [4.78, 5) is 34.1. The van der Waals surface area contributed by atoms with Crippen LogP contribution >= 0.6 is 0 Å². The molecule has 2 heterocycles. The van der Waals surface area contributed by atoms with Gasteiger partial charge in [0.1, 0.15) is 0 Å². The molecule has 0 atom stereocenters. The minimum Gasteiger partial charge on any atom is -0.483 e. The van der Waals surface area contributed by atoms with E-state index >= 15 is 0 Å². The Morgan fingerprint density at radius 3 is 1.87 bits per heavy atom. The Hall–Kier alpha value is -1.71. The molecule has 0 saturated carbocycles. The van der Waals surface area contributed by atoms with Gasteiger partial charge in [-0.15, -0.1) is 0 Å². The van der Waals surface area contributed by atoms with Crippen LogP contribution in [0.1, 0.15) is 60.8 Å². The predicted octanol–water partition coefficient (Wildman–Crippen LogP) is 1.48. The number of carboxylic acid groups (broad SMARTS) is 2. The van der Waals surface area contributed by atoms with Gasteiger partial charge in [0, 0.05) is 55.8 Å². The molecule has 0 bridgehead atoms. The van der Waals surface area contributed by atoms with Gasteiger partial charge >= 0.3 is 0 Å². The van der Waals surface area contributed by atoms with Gasteiger partial charge in [-0.25, -0.2) is 0 Å². The fraction of sp³-hybridized carbons (Fsp3) is 0.864. The quantitative estimate of drug-likeness (QED) is 0.470. The highest BCUT2D eigenvalue weighted by molar-refractivity contribution is 5.76. The van der Waals surface area contributed by atoms with E-state index in [0.29, 0.717) is 12.3 Å². The van der Waals surface area contributed by atoms with Crippen molar-refractivity contribution in [3.63, 3.8) is 0 Å². The maximum atomic E-state index is 12.6. The number of rotatable bonds is 5. The molecule has 0 radical (unpaired) electrons. The lowest BCUT2D eigenvalue weighted by molar-refractivity contribution is -0.124. The summed E-state index contributed by atoms with van der Waals surface area (Å²) in [5, 5.41) is 20.7. The third-order valence-electron chi connectivity index (χ3n) is 5.83. The molecule has 0 aromatic heterocycles. The lowest BCUT2D eigenvalue weighted by Gasteiger charge is -2.46. The number of piperidine rings is 1. The number of hydrogen-bond donors (Lipinski definition) is 4. The van der Waals surface area contributed by atoms with Crippen molar-refractivity contribution in [2.75, 3.05) is 39.8 Å². The van der Waals surface area contributed by atoms with E-state index in [9.17, 15) is 4.79 Å². The van der Waals surface area contributed by atoms with E-state index in [4.69, 9.17) is 19.8 Å². The van der Waals surface area contributed by atoms with Crippen LogP contribution in [0.15, 0.2) is 0 Å². The van der Waals surface area contributed by atoms with E-state index in [-0.39, 0.29) is 35.5 Å². The Balaban J connectivity index is 0.00000134. The SMILES string of the molecule is CN1CCN(C(C)(C)CNC(=O)CC2CC(C)(C)NC(C)(C)C2)CC1.O=CO.O=CO. The minimum absolute atomic E-state index is 0.0174. The number of piperazine rings is 1. The molecular weight excluding hydrogens is 400 g/mol. The third kappa shape index (κ3) is 12.0. The molecule has 2 fully saturated rings. The standard InChI is InChI=1S/C20H40N4O.2CH2O2/c1-18(2)13-16(14-19(3,4)22-18)12-17(25)21-15-20(5,6)24-10-8-23(7)9-11-24;2*2-1-3/h16,22H,8-15H2,1-7H3,(H,21,25);2*1H,(H,2,3). The molecule has 2 aliphatic heterocycles. The monoisotopic (exact) mass is 444 g/mol. The highest BCUT2D eigenvalue weighted by atomic mass is 16.3. The van der Waals surface area contributed by atoms with Crippen molar-refractivity contribution in [3.8, 4) is 0 Å². The molecule has 2 saturated heterocycles. The summed E-state index contributed by atoms with van der Waals surface area (Å²) in [6.45, 7) is 18.1. The molecule has 0 spiro atoms. The van der Waals surface area contributed by atoms with Gasteiger partial charge in [0.15, 0.2) is 0 Å². The summed E-state index contributed by atoms with van der Waals surface area (Å²) >= 11 is 0. The summed E-state index contributed by atoms with van der Waals surface area (Å²) in [5.41, 5.74) is 0.223. The fourth-order valence-corrected chi connectivity index (χ4v) is 4.85. The number of nitrogens with one attached hydrogen (secondary N) is 2. The highest BCUT2D eigenvalue weighted by Gasteiger charge is 2.38. The molecule has 9 nitrogen and oxygen atoms in total. The molecular formula is C22H44N4O5. The van der Waals surface area contributed by atoms with Gasteiger partial charge in [0.05, 0.1) is 0 Å². The Bertz CT molecular complexity index is 536. The van der Waals surface area contributed by atoms with E-state index in [1.165, 1.54) is 0 Å². The Morgan fingerprint density at radius 1 is 1.03 bits per heavy atom. The average Bonchev–Trinajstić information content (AvgIpc) is 2.59. The second kappa shape index (κ2) is 13.0. The van der Waals surface area contributed by atoms with E-state index in [0.717, 1.165) is 45.6 Å². The first-order valence-corrected chi connectivity index (χ1v) is 10.9. The summed E-state index contributed by atoms with van der Waals surface area (Å²) in [5.74, 6) is 0.665. The summed E-state index contributed by atoms with van der Waals surface area (Å²) in [6.07, 6.45) is 2.77. The van der Waals surface area contributed by atoms with Crippen molar-refractivity contribution < 1.29 is 24.6 Å². The zero-order chi connectivity index (χ0) is 24.3. The topological polar surface area (TPSA) is 122 Å². The zero-order valence-corrected chi connectivity index (χ0v) is 20.4. The fourth-order valence-electron chi connectivity index (χ4n) is 4.85. The summed E-state index contributed by atoms with van der Waals surface area (Å²) in [6, 6.07) is 0. The van der Waals surface area contributed by atoms with Crippen molar-refractivity contribution in [2.24, 2.45) is 5.92 Å². The zero-order valence-electron chi connectivity index (χ0n) is 20.4. The van der Waals surface area contributed by atoms with E-state index in [1.807, 2.05) is 0 Å². The van der Waals surface area contributed by atoms with Crippen molar-refractivity contribution >= 4 is 18.9 Å². The first kappa shape index (κ1) is 29.3. The second-order valence-electron chi connectivity index (χ2n) is 10.5. The van der Waals surface area contributed by atoms with E-state index < -0.39 is 0 Å². The summed E-state index contributed by atoms with van der Waals surface area (Å²) in [7, 11) is 2.17. The normalized spacial score (nSPS) is 21.5. The number of hydrogen-bond acceptors (Lipinski definition) is 6. The molecule has 4 N–H and O–H groups in total. The van der Waals surface area contributed by atoms with Crippen LogP contribution in [-0.2, 0) is 14.4 Å². The van der Waals surface area contributed by atoms with Crippen molar-refractivity contribution in [1.82, 2.24) is 20.4 Å². The van der Waals surface area contributed by atoms with Gasteiger partial charge < -0.3 is 25.7 Å². The molecule has 31 heavy (non-hydrogen) atoms. The maximum Gasteiger partial charge on any atom is 0.290 e. The number of carbonyl (C=O) groups is 3. The first-order chi connectivity index (χ1) is 14.2. The second-order valence-corrected chi connectivity index (χ2v) is 10.5. The third-order valence-corrected chi connectivity index (χ3v) is 5.83. The van der Waals surface area contributed by atoms with Gasteiger partial charge in [-0.1, -0.05) is 0 Å². The predicted molar refractivity (Wildman–Crippen MR) is 122 cm³/mol. The number of amides is 1. The Kier molecular flexibility index (Phi) is 12.3. The van der Waals surface area contributed by atoms with Crippen molar-refractivity contribution in [3.05, 3.63) is 0 Å². The number of carbonyl (C=O) groups excluding carboxylic acids is 1. The molecule has 182 valence electrons. The van der Waals surface area contributed by atoms with Crippen LogP contribution in [0.3, 0.4) is 0 Å². The van der Waals surface area contributed by atoms with Gasteiger partial charge in [-0.3, -0.25) is 19.3 Å². The van der Waals surface area contributed by atoms with Crippen LogP contribution in [-0.4, -0.2) is 95.3 Å². The van der Waals surface area contributed by atoms with Crippen molar-refractivity contribution in [1.29, 1.82) is 0 Å². The van der Waals surface area contributed by atoms with Gasteiger partial charge in [0.25, 0.3) is 12.9 Å². The van der Waals surface area contributed by atoms with Crippen LogP contribution in [0.4, 0.5) is 0 Å². The molecule has 0 unspecified atom stereocenters. The van der Waals surface area contributed by atoms with Crippen LogP contribution in [0.5, 0.6) is 0 Å². The van der Waals surface area contributed by atoms with Crippen LogP contribution < -0.4 is 10.6 Å². The molecule has 0 aromatic rings. The molecule has 0 aliphatic carbocycles. The van der Waals surface area contributed by atoms with Gasteiger partial charge in [0.2, 0.25) is 5.91 Å². The lowest BCUT2D eigenvalue weighted by Crippen LogP contribution is -2.59. The van der Waals surface area contributed by atoms with Gasteiger partial charge in [-0.2, -0.15) is 0 Å². The molecule has 0 aromatic carbocycles. The Labute approximate surface area is 187 Å². The lowest BCUT2D eigenvalue weighted by atomic mass is 9.74.